The number of hydrogen-bond acceptors (Lipinski definition) is 1. The lowest BCUT2D eigenvalue weighted by atomic mass is 10.1. The van der Waals surface area contributed by atoms with E-state index in [1.807, 2.05) is 0 Å². The van der Waals surface area contributed by atoms with Crippen LogP contribution in [0.5, 0.6) is 0 Å². The van der Waals surface area contributed by atoms with E-state index in [1.165, 1.54) is 37.4 Å². The third kappa shape index (κ3) is 6.80. The van der Waals surface area contributed by atoms with Gasteiger partial charge in [0.15, 0.2) is 0 Å². The zero-order valence-corrected chi connectivity index (χ0v) is 12.0. The van der Waals surface area contributed by atoms with E-state index in [0.29, 0.717) is 0 Å². The van der Waals surface area contributed by atoms with Crippen LogP contribution in [0.3, 0.4) is 0 Å². The van der Waals surface area contributed by atoms with E-state index in [4.69, 9.17) is 4.74 Å². The Morgan fingerprint density at radius 3 is 2.11 bits per heavy atom. The molecule has 101 valence electrons. The molecule has 0 unspecified atom stereocenters. The van der Waals surface area contributed by atoms with E-state index in [1.54, 1.807) is 0 Å². The number of rotatable bonds is 10. The maximum atomic E-state index is 5.97. The lowest BCUT2D eigenvalue weighted by Crippen LogP contribution is -2.07. The molecule has 1 nitrogen and oxygen atoms in total. The van der Waals surface area contributed by atoms with Crippen LogP contribution in [0.25, 0.3) is 0 Å². The molecular weight excluding hydrogens is 220 g/mol. The van der Waals surface area contributed by atoms with Gasteiger partial charge >= 0.3 is 0 Å². The van der Waals surface area contributed by atoms with Crippen molar-refractivity contribution in [2.45, 2.75) is 58.8 Å². The van der Waals surface area contributed by atoms with E-state index in [-0.39, 0.29) is 0 Å². The highest BCUT2D eigenvalue weighted by Gasteiger charge is 2.09. The largest absolute Gasteiger partial charge is 0.372 e. The van der Waals surface area contributed by atoms with Crippen LogP contribution in [0.2, 0.25) is 0 Å². The van der Waals surface area contributed by atoms with Crippen LogP contribution in [0.1, 0.15) is 57.9 Å². The highest BCUT2D eigenvalue weighted by atomic mass is 16.5. The summed E-state index contributed by atoms with van der Waals surface area (Å²) in [7, 11) is 0. The van der Waals surface area contributed by atoms with Crippen LogP contribution in [0.15, 0.2) is 30.3 Å². The maximum absolute atomic E-state index is 5.97. The third-order valence-electron chi connectivity index (χ3n) is 3.16. The minimum Gasteiger partial charge on any atom is -0.372 e. The van der Waals surface area contributed by atoms with Crippen molar-refractivity contribution in [2.75, 3.05) is 6.61 Å². The van der Waals surface area contributed by atoms with Crippen molar-refractivity contribution < 1.29 is 4.74 Å². The van der Waals surface area contributed by atoms with E-state index >= 15 is 0 Å². The van der Waals surface area contributed by atoms with Crippen molar-refractivity contribution in [3.63, 3.8) is 0 Å². The molecule has 0 aliphatic heterocycles. The maximum Gasteiger partial charge on any atom is 0.0970 e. The second kappa shape index (κ2) is 10.1. The summed E-state index contributed by atoms with van der Waals surface area (Å²) >= 11 is 0. The molecule has 0 bridgehead atoms. The predicted molar refractivity (Wildman–Crippen MR) is 78.4 cm³/mol. The SMILES string of the molecule is CCCC[C](CCCC)OCCc1ccccc1. The Morgan fingerprint density at radius 2 is 1.56 bits per heavy atom. The van der Waals surface area contributed by atoms with Gasteiger partial charge in [-0.1, -0.05) is 69.9 Å². The quantitative estimate of drug-likeness (QED) is 0.555. The molecule has 0 fully saturated rings. The molecule has 0 amide bonds. The Hall–Kier alpha value is -0.820. The van der Waals surface area contributed by atoms with Gasteiger partial charge in [-0.3, -0.25) is 0 Å². The van der Waals surface area contributed by atoms with Crippen LogP contribution in [-0.2, 0) is 11.2 Å². The summed E-state index contributed by atoms with van der Waals surface area (Å²) in [4.78, 5) is 0. The second-order valence-electron chi connectivity index (χ2n) is 4.83. The first-order valence-corrected chi connectivity index (χ1v) is 7.38. The first kappa shape index (κ1) is 15.2. The Balaban J connectivity index is 2.23. The van der Waals surface area contributed by atoms with Gasteiger partial charge in [-0.15, -0.1) is 0 Å². The van der Waals surface area contributed by atoms with E-state index in [0.717, 1.165) is 25.9 Å². The van der Waals surface area contributed by atoms with Gasteiger partial charge in [0.2, 0.25) is 0 Å². The van der Waals surface area contributed by atoms with E-state index in [9.17, 15) is 0 Å². The molecule has 0 saturated heterocycles. The first-order valence-electron chi connectivity index (χ1n) is 7.38. The summed E-state index contributed by atoms with van der Waals surface area (Å²) in [5.74, 6) is 0. The molecule has 0 aliphatic rings. The molecule has 18 heavy (non-hydrogen) atoms. The fraction of sp³-hybridized carbons (Fsp3) is 0.588. The van der Waals surface area contributed by atoms with Crippen molar-refractivity contribution in [1.29, 1.82) is 0 Å². The smallest absolute Gasteiger partial charge is 0.0970 e. The Labute approximate surface area is 113 Å². The number of unbranched alkanes of at least 4 members (excludes halogenated alkanes) is 2. The molecule has 1 rings (SSSR count). The molecule has 0 aromatic heterocycles. The van der Waals surface area contributed by atoms with Crippen molar-refractivity contribution >= 4 is 0 Å². The highest BCUT2D eigenvalue weighted by Crippen LogP contribution is 2.20. The van der Waals surface area contributed by atoms with Gasteiger partial charge in [-0.2, -0.15) is 0 Å². The van der Waals surface area contributed by atoms with Crippen LogP contribution in [0.4, 0.5) is 0 Å². The molecule has 0 atom stereocenters. The molecular formula is C17H27O. The van der Waals surface area contributed by atoms with Crippen LogP contribution < -0.4 is 0 Å². The van der Waals surface area contributed by atoms with Crippen molar-refractivity contribution in [3.8, 4) is 0 Å². The fourth-order valence-electron chi connectivity index (χ4n) is 1.98. The number of benzene rings is 1. The molecule has 0 heterocycles. The Kier molecular flexibility index (Phi) is 8.58. The average Bonchev–Trinajstić information content (AvgIpc) is 2.42. The second-order valence-corrected chi connectivity index (χ2v) is 4.83. The molecule has 1 radical (unpaired) electrons. The molecule has 0 saturated carbocycles. The minimum atomic E-state index is 0.826. The van der Waals surface area contributed by atoms with Crippen molar-refractivity contribution in [3.05, 3.63) is 42.0 Å². The topological polar surface area (TPSA) is 9.23 Å². The average molecular weight is 247 g/mol. The van der Waals surface area contributed by atoms with Crippen LogP contribution in [0, 0.1) is 6.10 Å². The van der Waals surface area contributed by atoms with E-state index in [2.05, 4.69) is 44.2 Å². The predicted octanol–water partition coefficient (Wildman–Crippen LogP) is 5.16. The molecule has 0 spiro atoms. The Morgan fingerprint density at radius 1 is 0.944 bits per heavy atom. The standard InChI is InChI=1S/C17H27O/c1-3-5-12-17(13-6-4-2)18-15-14-16-10-8-7-9-11-16/h7-11H,3-6,12-15H2,1-2H3. The summed E-state index contributed by atoms with van der Waals surface area (Å²) < 4.78 is 5.97. The summed E-state index contributed by atoms with van der Waals surface area (Å²) in [6, 6.07) is 10.6. The van der Waals surface area contributed by atoms with Gasteiger partial charge in [0, 0.05) is 0 Å². The number of hydrogen-bond donors (Lipinski definition) is 0. The summed E-state index contributed by atoms with van der Waals surface area (Å²) in [6.45, 7) is 5.30. The van der Waals surface area contributed by atoms with Crippen molar-refractivity contribution in [1.82, 2.24) is 0 Å². The normalized spacial score (nSPS) is 11.1. The van der Waals surface area contributed by atoms with Gasteiger partial charge in [-0.05, 0) is 24.8 Å². The van der Waals surface area contributed by atoms with Gasteiger partial charge < -0.3 is 4.74 Å². The summed E-state index contributed by atoms with van der Waals surface area (Å²) in [6.07, 6.45) is 9.62. The monoisotopic (exact) mass is 247 g/mol. The van der Waals surface area contributed by atoms with Crippen molar-refractivity contribution in [2.24, 2.45) is 0 Å². The number of ether oxygens (including phenoxy) is 1. The summed E-state index contributed by atoms with van der Waals surface area (Å²) in [5.41, 5.74) is 1.36. The zero-order chi connectivity index (χ0) is 13.1. The van der Waals surface area contributed by atoms with Gasteiger partial charge in [0.1, 0.15) is 0 Å². The lowest BCUT2D eigenvalue weighted by molar-refractivity contribution is 0.125. The van der Waals surface area contributed by atoms with Crippen LogP contribution >= 0.6 is 0 Å². The molecule has 0 N–H and O–H groups in total. The zero-order valence-electron chi connectivity index (χ0n) is 12.0. The molecule has 1 aromatic rings. The Bertz CT molecular complexity index is 273. The van der Waals surface area contributed by atoms with Gasteiger partial charge in [0.05, 0.1) is 12.7 Å². The highest BCUT2D eigenvalue weighted by molar-refractivity contribution is 5.14. The van der Waals surface area contributed by atoms with Crippen LogP contribution in [-0.4, -0.2) is 6.61 Å². The van der Waals surface area contributed by atoms with Gasteiger partial charge in [0.25, 0.3) is 0 Å². The third-order valence-corrected chi connectivity index (χ3v) is 3.16. The van der Waals surface area contributed by atoms with E-state index < -0.39 is 0 Å². The minimum absolute atomic E-state index is 0.826. The lowest BCUT2D eigenvalue weighted by Gasteiger charge is -2.16. The first-order chi connectivity index (χ1) is 8.86. The summed E-state index contributed by atoms with van der Waals surface area (Å²) in [5, 5.41) is 0. The molecule has 0 aliphatic carbocycles. The van der Waals surface area contributed by atoms with Gasteiger partial charge in [-0.25, -0.2) is 0 Å². The fourth-order valence-corrected chi connectivity index (χ4v) is 1.98. The molecule has 1 aromatic carbocycles. The molecule has 1 heteroatoms.